The van der Waals surface area contributed by atoms with E-state index in [0.717, 1.165) is 31.6 Å². The van der Waals surface area contributed by atoms with E-state index in [1.165, 1.54) is 10.5 Å². The molecule has 4 atom stereocenters. The maximum atomic E-state index is 12.7. The summed E-state index contributed by atoms with van der Waals surface area (Å²) in [6.07, 6.45) is 7.10. The Labute approximate surface area is 207 Å². The number of allylic oxidation sites excluding steroid dienone is 2. The quantitative estimate of drug-likeness (QED) is 0.123. The van der Waals surface area contributed by atoms with E-state index >= 15 is 0 Å². The van der Waals surface area contributed by atoms with Crippen molar-refractivity contribution in [3.05, 3.63) is 42.0 Å². The molecule has 0 radical (unpaired) electrons. The van der Waals surface area contributed by atoms with E-state index in [9.17, 15) is 9.59 Å². The third-order valence-electron chi connectivity index (χ3n) is 6.57. The molecule has 1 aromatic carbocycles. The first-order valence-electron chi connectivity index (χ1n) is 11.3. The van der Waals surface area contributed by atoms with Crippen LogP contribution in [-0.4, -0.2) is 56.0 Å². The standard InChI is InChI=1S/C24H32N4O3.HI/c1-16-5-9-19(10-6-16)31-14-4-3-11-26-24(25-2)27-12-13-28-22(29)20-17-7-8-18(15-17)21(20)23(28)30;/h5-10,17-18,20-21H,3-4,11-15H2,1-2H3,(H2,25,26,27);1H. The van der Waals surface area contributed by atoms with Crippen LogP contribution in [0.5, 0.6) is 5.75 Å². The minimum absolute atomic E-state index is 0. The fraction of sp³-hybridized carbons (Fsp3) is 0.542. The largest absolute Gasteiger partial charge is 0.494 e. The molecule has 7 nitrogen and oxygen atoms in total. The molecule has 2 aliphatic carbocycles. The molecule has 4 rings (SSSR count). The van der Waals surface area contributed by atoms with E-state index in [-0.39, 0.29) is 59.5 Å². The highest BCUT2D eigenvalue weighted by Crippen LogP contribution is 2.52. The third-order valence-corrected chi connectivity index (χ3v) is 6.57. The number of aliphatic imine (C=N–C) groups is 1. The lowest BCUT2D eigenvalue weighted by Gasteiger charge is -2.18. The van der Waals surface area contributed by atoms with Gasteiger partial charge in [-0.15, -0.1) is 24.0 Å². The highest BCUT2D eigenvalue weighted by molar-refractivity contribution is 14.0. The van der Waals surface area contributed by atoms with Gasteiger partial charge in [0.1, 0.15) is 5.75 Å². The van der Waals surface area contributed by atoms with Crippen LogP contribution in [-0.2, 0) is 9.59 Å². The number of hydrogen-bond acceptors (Lipinski definition) is 4. The summed E-state index contributed by atoms with van der Waals surface area (Å²) in [6, 6.07) is 8.07. The van der Waals surface area contributed by atoms with Crippen LogP contribution in [0.4, 0.5) is 0 Å². The second-order valence-corrected chi connectivity index (χ2v) is 8.62. The smallest absolute Gasteiger partial charge is 0.233 e. The van der Waals surface area contributed by atoms with Gasteiger partial charge in [0.2, 0.25) is 11.8 Å². The number of unbranched alkanes of at least 4 members (excludes halogenated alkanes) is 1. The summed E-state index contributed by atoms with van der Waals surface area (Å²) < 4.78 is 5.74. The molecule has 1 aromatic rings. The minimum Gasteiger partial charge on any atom is -0.494 e. The van der Waals surface area contributed by atoms with Crippen LogP contribution in [0.1, 0.15) is 24.8 Å². The van der Waals surface area contributed by atoms with Crippen LogP contribution in [0.15, 0.2) is 41.4 Å². The normalized spacial score (nSPS) is 25.7. The average Bonchev–Trinajstić information content (AvgIpc) is 3.45. The van der Waals surface area contributed by atoms with Crippen molar-refractivity contribution in [1.82, 2.24) is 15.5 Å². The van der Waals surface area contributed by atoms with Crippen molar-refractivity contribution in [2.24, 2.45) is 28.7 Å². The highest BCUT2D eigenvalue weighted by Gasteiger charge is 2.58. The van der Waals surface area contributed by atoms with Gasteiger partial charge in [-0.25, -0.2) is 0 Å². The number of imide groups is 1. The number of ether oxygens (including phenoxy) is 1. The highest BCUT2D eigenvalue weighted by atomic mass is 127. The van der Waals surface area contributed by atoms with Gasteiger partial charge in [0.15, 0.2) is 5.96 Å². The summed E-state index contributed by atoms with van der Waals surface area (Å²) in [7, 11) is 1.72. The van der Waals surface area contributed by atoms with Crippen molar-refractivity contribution in [1.29, 1.82) is 0 Å². The number of carbonyl (C=O) groups excluding carboxylic acids is 2. The van der Waals surface area contributed by atoms with Crippen molar-refractivity contribution < 1.29 is 14.3 Å². The zero-order valence-corrected chi connectivity index (χ0v) is 21.1. The Kier molecular flexibility index (Phi) is 8.56. The molecule has 0 aromatic heterocycles. The first kappa shape index (κ1) is 24.5. The fourth-order valence-electron chi connectivity index (χ4n) is 4.95. The molecule has 2 amide bonds. The predicted octanol–water partition coefficient (Wildman–Crippen LogP) is 2.74. The topological polar surface area (TPSA) is 83.0 Å². The Balaban J connectivity index is 0.00000289. The monoisotopic (exact) mass is 552 g/mol. The molecule has 1 saturated carbocycles. The van der Waals surface area contributed by atoms with Gasteiger partial charge < -0.3 is 15.4 Å². The van der Waals surface area contributed by atoms with Crippen molar-refractivity contribution in [3.63, 3.8) is 0 Å². The number of nitrogens with zero attached hydrogens (tertiary/aromatic N) is 2. The number of rotatable bonds is 9. The van der Waals surface area contributed by atoms with Crippen LogP contribution >= 0.6 is 24.0 Å². The zero-order valence-electron chi connectivity index (χ0n) is 18.8. The number of amides is 2. The molecule has 1 heterocycles. The SMILES string of the molecule is CN=C(NCCCCOc1ccc(C)cc1)NCCN1C(=O)C2C3C=CC(C3)C2C1=O.I. The van der Waals surface area contributed by atoms with Crippen LogP contribution in [0.3, 0.4) is 0 Å². The fourth-order valence-corrected chi connectivity index (χ4v) is 4.95. The first-order valence-corrected chi connectivity index (χ1v) is 11.3. The van der Waals surface area contributed by atoms with Crippen LogP contribution in [0, 0.1) is 30.6 Å². The van der Waals surface area contributed by atoms with Crippen molar-refractivity contribution in [2.45, 2.75) is 26.2 Å². The predicted molar refractivity (Wildman–Crippen MR) is 135 cm³/mol. The van der Waals surface area contributed by atoms with E-state index in [1.54, 1.807) is 7.05 Å². The number of likely N-dealkylation sites (tertiary alicyclic amines) is 1. The van der Waals surface area contributed by atoms with E-state index in [1.807, 2.05) is 24.3 Å². The summed E-state index contributed by atoms with van der Waals surface area (Å²) in [5.74, 6) is 1.86. The van der Waals surface area contributed by atoms with Crippen LogP contribution < -0.4 is 15.4 Å². The average molecular weight is 552 g/mol. The molecule has 0 spiro atoms. The second-order valence-electron chi connectivity index (χ2n) is 8.62. The summed E-state index contributed by atoms with van der Waals surface area (Å²) in [4.78, 5) is 31.1. The number of halogens is 1. The van der Waals surface area contributed by atoms with Gasteiger partial charge in [0.25, 0.3) is 0 Å². The van der Waals surface area contributed by atoms with Gasteiger partial charge in [0.05, 0.1) is 18.4 Å². The molecule has 3 aliphatic rings. The molecule has 1 saturated heterocycles. The van der Waals surface area contributed by atoms with Crippen molar-refractivity contribution in [3.8, 4) is 5.75 Å². The second kappa shape index (κ2) is 11.2. The maximum absolute atomic E-state index is 12.7. The lowest BCUT2D eigenvalue weighted by molar-refractivity contribution is -0.140. The van der Waals surface area contributed by atoms with Gasteiger partial charge in [-0.3, -0.25) is 19.5 Å². The van der Waals surface area contributed by atoms with E-state index in [4.69, 9.17) is 4.74 Å². The minimum atomic E-state index is -0.123. The number of benzene rings is 1. The van der Waals surface area contributed by atoms with Crippen molar-refractivity contribution in [2.75, 3.05) is 33.3 Å². The summed E-state index contributed by atoms with van der Waals surface area (Å²) in [5, 5.41) is 6.48. The lowest BCUT2D eigenvalue weighted by Crippen LogP contribution is -2.43. The summed E-state index contributed by atoms with van der Waals surface area (Å²) >= 11 is 0. The number of carbonyl (C=O) groups is 2. The number of fused-ring (bicyclic) bond motifs is 5. The maximum Gasteiger partial charge on any atom is 0.233 e. The van der Waals surface area contributed by atoms with Gasteiger partial charge in [0, 0.05) is 26.7 Å². The zero-order chi connectivity index (χ0) is 21.8. The molecular formula is C24H33IN4O3. The van der Waals surface area contributed by atoms with Gasteiger partial charge in [-0.05, 0) is 50.2 Å². The molecule has 2 bridgehead atoms. The molecule has 8 heteroatoms. The summed E-state index contributed by atoms with van der Waals surface area (Å²) in [5.41, 5.74) is 1.22. The van der Waals surface area contributed by atoms with Crippen molar-refractivity contribution >= 4 is 41.8 Å². The molecule has 174 valence electrons. The van der Waals surface area contributed by atoms with Gasteiger partial charge in [-0.1, -0.05) is 29.8 Å². The van der Waals surface area contributed by atoms with E-state index in [0.29, 0.717) is 25.7 Å². The Bertz CT molecular complexity index is 841. The Morgan fingerprint density at radius 1 is 1.03 bits per heavy atom. The molecule has 2 N–H and O–H groups in total. The molecule has 4 unspecified atom stereocenters. The Hall–Kier alpha value is -2.10. The Morgan fingerprint density at radius 3 is 2.28 bits per heavy atom. The van der Waals surface area contributed by atoms with Crippen LogP contribution in [0.2, 0.25) is 0 Å². The number of hydrogen-bond donors (Lipinski definition) is 2. The van der Waals surface area contributed by atoms with Gasteiger partial charge in [-0.2, -0.15) is 0 Å². The molecule has 1 aliphatic heterocycles. The van der Waals surface area contributed by atoms with E-state index in [2.05, 4.69) is 34.7 Å². The first-order chi connectivity index (χ1) is 15.1. The van der Waals surface area contributed by atoms with E-state index < -0.39 is 0 Å². The third kappa shape index (κ3) is 5.27. The van der Waals surface area contributed by atoms with Gasteiger partial charge >= 0.3 is 0 Å². The Morgan fingerprint density at radius 2 is 1.66 bits per heavy atom. The number of guanidine groups is 1. The number of aryl methyl sites for hydroxylation is 1. The molecule has 2 fully saturated rings. The number of nitrogens with one attached hydrogen (secondary N) is 2. The molecular weight excluding hydrogens is 519 g/mol. The lowest BCUT2D eigenvalue weighted by atomic mass is 9.85. The summed E-state index contributed by atoms with van der Waals surface area (Å²) in [6.45, 7) is 4.39. The molecule has 32 heavy (non-hydrogen) atoms. The van der Waals surface area contributed by atoms with Crippen LogP contribution in [0.25, 0.3) is 0 Å².